The van der Waals surface area contributed by atoms with E-state index < -0.39 is 0 Å². The van der Waals surface area contributed by atoms with E-state index in [9.17, 15) is 4.79 Å². The molecule has 4 rings (SSSR count). The Labute approximate surface area is 190 Å². The lowest BCUT2D eigenvalue weighted by molar-refractivity contribution is -0.132. The summed E-state index contributed by atoms with van der Waals surface area (Å²) in [7, 11) is 1.67. The van der Waals surface area contributed by atoms with Crippen molar-refractivity contribution in [2.45, 2.75) is 45.6 Å². The van der Waals surface area contributed by atoms with Crippen molar-refractivity contribution in [3.05, 3.63) is 66.2 Å². The van der Waals surface area contributed by atoms with Crippen molar-refractivity contribution in [3.63, 3.8) is 0 Å². The fraction of sp³-hybridized carbons (Fsp3) is 0.423. The Morgan fingerprint density at radius 2 is 1.91 bits per heavy atom. The van der Waals surface area contributed by atoms with Crippen LogP contribution in [-0.4, -0.2) is 45.5 Å². The Morgan fingerprint density at radius 1 is 1.12 bits per heavy atom. The van der Waals surface area contributed by atoms with Crippen molar-refractivity contribution >= 4 is 5.91 Å². The first-order valence-electron chi connectivity index (χ1n) is 11.5. The molecule has 1 fully saturated rings. The van der Waals surface area contributed by atoms with Gasteiger partial charge in [-0.05, 0) is 68.4 Å². The molecule has 168 valence electrons. The summed E-state index contributed by atoms with van der Waals surface area (Å²) in [6, 6.07) is 12.0. The second-order valence-electron chi connectivity index (χ2n) is 8.58. The van der Waals surface area contributed by atoms with Crippen molar-refractivity contribution < 1.29 is 9.53 Å². The molecule has 32 heavy (non-hydrogen) atoms. The lowest BCUT2D eigenvalue weighted by atomic mass is 9.93. The number of aromatic nitrogens is 3. The third kappa shape index (κ3) is 5.36. The summed E-state index contributed by atoms with van der Waals surface area (Å²) >= 11 is 0. The smallest absolute Gasteiger partial charge is 0.222 e. The van der Waals surface area contributed by atoms with Crippen molar-refractivity contribution in [2.24, 2.45) is 5.92 Å². The van der Waals surface area contributed by atoms with E-state index in [-0.39, 0.29) is 5.91 Å². The number of nitrogens with zero attached hydrogens (tertiary/aromatic N) is 4. The van der Waals surface area contributed by atoms with Gasteiger partial charge in [-0.15, -0.1) is 0 Å². The first-order chi connectivity index (χ1) is 15.6. The molecule has 0 saturated carbocycles. The number of rotatable bonds is 8. The predicted molar refractivity (Wildman–Crippen MR) is 125 cm³/mol. The molecule has 1 amide bonds. The molecular formula is C26H32N4O2. The van der Waals surface area contributed by atoms with E-state index in [4.69, 9.17) is 4.74 Å². The minimum atomic E-state index is 0.267. The SMILES string of the molecule is COc1ccc(CCC(=O)N2CCC(CCn3c(C)cnc3-c3cccnc3)CC2)cc1. The first-order valence-corrected chi connectivity index (χ1v) is 11.5. The fourth-order valence-corrected chi connectivity index (χ4v) is 4.45. The second kappa shape index (κ2) is 10.4. The maximum atomic E-state index is 12.7. The molecule has 0 aliphatic carbocycles. The van der Waals surface area contributed by atoms with Crippen LogP contribution in [0, 0.1) is 12.8 Å². The van der Waals surface area contributed by atoms with E-state index in [2.05, 4.69) is 27.5 Å². The number of imidazole rings is 1. The minimum Gasteiger partial charge on any atom is -0.497 e. The van der Waals surface area contributed by atoms with Crippen LogP contribution in [0.4, 0.5) is 0 Å². The molecule has 3 aromatic rings. The molecule has 1 aliphatic rings. The van der Waals surface area contributed by atoms with Crippen LogP contribution in [0.3, 0.4) is 0 Å². The Hall–Kier alpha value is -3.15. The number of methoxy groups -OCH3 is 1. The van der Waals surface area contributed by atoms with Crippen LogP contribution in [0.1, 0.15) is 36.9 Å². The van der Waals surface area contributed by atoms with Crippen molar-refractivity contribution in [2.75, 3.05) is 20.2 Å². The van der Waals surface area contributed by atoms with Gasteiger partial charge in [0.05, 0.1) is 7.11 Å². The number of carbonyl (C=O) groups excluding carboxylic acids is 1. The summed E-state index contributed by atoms with van der Waals surface area (Å²) in [6.45, 7) is 4.79. The monoisotopic (exact) mass is 432 g/mol. The normalized spacial score (nSPS) is 14.5. The lowest BCUT2D eigenvalue weighted by Crippen LogP contribution is -2.38. The number of carbonyl (C=O) groups is 1. The Kier molecular flexibility index (Phi) is 7.20. The van der Waals surface area contributed by atoms with Gasteiger partial charge in [-0.1, -0.05) is 12.1 Å². The highest BCUT2D eigenvalue weighted by Gasteiger charge is 2.23. The zero-order valence-corrected chi connectivity index (χ0v) is 19.0. The molecule has 0 spiro atoms. The van der Waals surface area contributed by atoms with Crippen molar-refractivity contribution in [3.8, 4) is 17.1 Å². The van der Waals surface area contributed by atoms with Gasteiger partial charge < -0.3 is 14.2 Å². The molecule has 1 aliphatic heterocycles. The summed E-state index contributed by atoms with van der Waals surface area (Å²) in [6.07, 6.45) is 10.2. The zero-order valence-electron chi connectivity index (χ0n) is 19.0. The molecule has 3 heterocycles. The molecule has 1 aromatic carbocycles. The molecule has 1 saturated heterocycles. The van der Waals surface area contributed by atoms with E-state index >= 15 is 0 Å². The summed E-state index contributed by atoms with van der Waals surface area (Å²) in [4.78, 5) is 23.6. The van der Waals surface area contributed by atoms with Gasteiger partial charge in [0.25, 0.3) is 0 Å². The molecule has 0 unspecified atom stereocenters. The zero-order chi connectivity index (χ0) is 22.3. The average Bonchev–Trinajstić information content (AvgIpc) is 3.22. The highest BCUT2D eigenvalue weighted by molar-refractivity contribution is 5.76. The fourth-order valence-electron chi connectivity index (χ4n) is 4.45. The predicted octanol–water partition coefficient (Wildman–Crippen LogP) is 4.52. The van der Waals surface area contributed by atoms with Crippen LogP contribution < -0.4 is 4.74 Å². The van der Waals surface area contributed by atoms with Gasteiger partial charge in [0, 0.05) is 55.9 Å². The maximum absolute atomic E-state index is 12.7. The van der Waals surface area contributed by atoms with Gasteiger partial charge in [-0.25, -0.2) is 4.98 Å². The largest absolute Gasteiger partial charge is 0.497 e. The third-order valence-electron chi connectivity index (χ3n) is 6.49. The number of piperidine rings is 1. The number of benzene rings is 1. The van der Waals surface area contributed by atoms with Crippen LogP contribution in [0.5, 0.6) is 5.75 Å². The molecule has 0 atom stereocenters. The standard InChI is InChI=1S/C26H32N4O2/c1-20-18-28-26(23-4-3-14-27-19-23)30(20)17-13-22-11-15-29(16-12-22)25(31)10-7-21-5-8-24(32-2)9-6-21/h3-6,8-9,14,18-19,22H,7,10-13,15-17H2,1-2H3. The average molecular weight is 433 g/mol. The van der Waals surface area contributed by atoms with Gasteiger partial charge in [0.1, 0.15) is 11.6 Å². The number of pyridine rings is 1. The molecular weight excluding hydrogens is 400 g/mol. The quantitative estimate of drug-likeness (QED) is 0.525. The van der Waals surface area contributed by atoms with Crippen LogP contribution in [0.25, 0.3) is 11.4 Å². The Morgan fingerprint density at radius 3 is 2.59 bits per heavy atom. The summed E-state index contributed by atoms with van der Waals surface area (Å²) in [5.74, 6) is 2.75. The molecule has 0 radical (unpaired) electrons. The summed E-state index contributed by atoms with van der Waals surface area (Å²) in [5, 5.41) is 0. The Balaban J connectivity index is 1.24. The second-order valence-corrected chi connectivity index (χ2v) is 8.58. The number of aryl methyl sites for hydroxylation is 2. The van der Waals surface area contributed by atoms with Gasteiger partial charge >= 0.3 is 0 Å². The van der Waals surface area contributed by atoms with E-state index in [0.717, 1.165) is 62.5 Å². The van der Waals surface area contributed by atoms with Gasteiger partial charge in [-0.3, -0.25) is 9.78 Å². The van der Waals surface area contributed by atoms with Gasteiger partial charge in [0.15, 0.2) is 0 Å². The number of ether oxygens (including phenoxy) is 1. The van der Waals surface area contributed by atoms with Crippen LogP contribution in [0.2, 0.25) is 0 Å². The van der Waals surface area contributed by atoms with E-state index in [0.29, 0.717) is 12.3 Å². The number of amides is 1. The van der Waals surface area contributed by atoms with Crippen LogP contribution in [0.15, 0.2) is 55.0 Å². The number of hydrogen-bond donors (Lipinski definition) is 0. The van der Waals surface area contributed by atoms with Gasteiger partial charge in [-0.2, -0.15) is 0 Å². The van der Waals surface area contributed by atoms with E-state index in [1.54, 1.807) is 13.3 Å². The Bertz CT molecular complexity index is 1010. The molecule has 6 nitrogen and oxygen atoms in total. The lowest BCUT2D eigenvalue weighted by Gasteiger charge is -2.32. The molecule has 2 aromatic heterocycles. The summed E-state index contributed by atoms with van der Waals surface area (Å²) in [5.41, 5.74) is 3.40. The summed E-state index contributed by atoms with van der Waals surface area (Å²) < 4.78 is 7.49. The molecule has 0 N–H and O–H groups in total. The third-order valence-corrected chi connectivity index (χ3v) is 6.49. The van der Waals surface area contributed by atoms with Crippen LogP contribution in [-0.2, 0) is 17.8 Å². The first kappa shape index (κ1) is 22.1. The maximum Gasteiger partial charge on any atom is 0.222 e. The minimum absolute atomic E-state index is 0.267. The van der Waals surface area contributed by atoms with Crippen LogP contribution >= 0.6 is 0 Å². The van der Waals surface area contributed by atoms with Crippen molar-refractivity contribution in [1.82, 2.24) is 19.4 Å². The van der Waals surface area contributed by atoms with E-state index in [1.807, 2.05) is 47.6 Å². The highest BCUT2D eigenvalue weighted by atomic mass is 16.5. The molecule has 0 bridgehead atoms. The molecule has 6 heteroatoms. The van der Waals surface area contributed by atoms with Gasteiger partial charge in [0.2, 0.25) is 5.91 Å². The number of likely N-dealkylation sites (tertiary alicyclic amines) is 1. The number of hydrogen-bond acceptors (Lipinski definition) is 4. The van der Waals surface area contributed by atoms with Crippen molar-refractivity contribution in [1.29, 1.82) is 0 Å². The van der Waals surface area contributed by atoms with E-state index in [1.165, 1.54) is 11.3 Å². The highest BCUT2D eigenvalue weighted by Crippen LogP contribution is 2.25. The topological polar surface area (TPSA) is 60.2 Å².